The highest BCUT2D eigenvalue weighted by molar-refractivity contribution is 5.94. The topological polar surface area (TPSA) is 62.1 Å². The minimum absolute atomic E-state index is 0.0904. The zero-order valence-electron chi connectivity index (χ0n) is 10.3. The van der Waals surface area contributed by atoms with E-state index in [1.54, 1.807) is 0 Å². The molecule has 1 aromatic carbocycles. The third kappa shape index (κ3) is 3.08. The highest BCUT2D eigenvalue weighted by Gasteiger charge is 2.27. The summed E-state index contributed by atoms with van der Waals surface area (Å²) in [6, 6.07) is 9.39. The molecule has 1 aliphatic heterocycles. The van der Waals surface area contributed by atoms with Crippen LogP contribution in [0.25, 0.3) is 0 Å². The maximum absolute atomic E-state index is 11.9. The molecule has 1 N–H and O–H groups in total. The predicted molar refractivity (Wildman–Crippen MR) is 68.0 cm³/mol. The molecule has 2 rings (SSSR count). The Kier molecular flexibility index (Phi) is 3.96. The number of hydrogen-bond acceptors (Lipinski definition) is 3. The molecule has 0 radical (unpaired) electrons. The first kappa shape index (κ1) is 12.6. The lowest BCUT2D eigenvalue weighted by molar-refractivity contribution is -0.126. The zero-order valence-corrected chi connectivity index (χ0v) is 10.3. The smallest absolute Gasteiger partial charge is 0.253 e. The van der Waals surface area contributed by atoms with Crippen LogP contribution in [0.3, 0.4) is 0 Å². The van der Waals surface area contributed by atoms with Gasteiger partial charge in [0.25, 0.3) is 5.91 Å². The number of ether oxygens (including phenoxy) is 1. The molecule has 0 bridgehead atoms. The van der Waals surface area contributed by atoms with E-state index in [4.69, 9.17) is 10.00 Å². The van der Waals surface area contributed by atoms with Crippen molar-refractivity contribution in [3.8, 4) is 6.07 Å². The zero-order chi connectivity index (χ0) is 13.0. The van der Waals surface area contributed by atoms with Gasteiger partial charge in [-0.2, -0.15) is 5.26 Å². The summed E-state index contributed by atoms with van der Waals surface area (Å²) in [5.41, 5.74) is 1.69. The largest absolute Gasteiger partial charge is 0.365 e. The summed E-state index contributed by atoms with van der Waals surface area (Å²) < 4.78 is 5.50. The van der Waals surface area contributed by atoms with Gasteiger partial charge in [0.2, 0.25) is 0 Å². The number of nitrogens with one attached hydrogen (secondary N) is 1. The first-order chi connectivity index (χ1) is 8.69. The van der Waals surface area contributed by atoms with Gasteiger partial charge >= 0.3 is 0 Å². The maximum atomic E-state index is 11.9. The van der Waals surface area contributed by atoms with Crippen LogP contribution in [0.15, 0.2) is 24.3 Å². The Morgan fingerprint density at radius 3 is 2.72 bits per heavy atom. The van der Waals surface area contributed by atoms with Gasteiger partial charge in [-0.1, -0.05) is 12.1 Å². The molecule has 18 heavy (non-hydrogen) atoms. The summed E-state index contributed by atoms with van der Waals surface area (Å²) in [6.45, 7) is 1.98. The number of hydrogen-bond donors (Lipinski definition) is 1. The molecule has 1 amide bonds. The number of carbonyl (C=O) groups excluding carboxylic acids is 1. The molecule has 1 heterocycles. The predicted octanol–water partition coefficient (Wildman–Crippen LogP) is 2.26. The molecule has 4 nitrogen and oxygen atoms in total. The van der Waals surface area contributed by atoms with Gasteiger partial charge < -0.3 is 10.1 Å². The molecule has 1 fully saturated rings. The van der Waals surface area contributed by atoms with Gasteiger partial charge in [-0.15, -0.1) is 0 Å². The van der Waals surface area contributed by atoms with E-state index in [1.165, 1.54) is 0 Å². The fourth-order valence-electron chi connectivity index (χ4n) is 2.02. The summed E-state index contributed by atoms with van der Waals surface area (Å²) in [5.74, 6) is -0.0904. The van der Waals surface area contributed by atoms with Gasteiger partial charge in [-0.05, 0) is 37.5 Å². The summed E-state index contributed by atoms with van der Waals surface area (Å²) in [4.78, 5) is 11.9. The van der Waals surface area contributed by atoms with E-state index >= 15 is 0 Å². The summed E-state index contributed by atoms with van der Waals surface area (Å²) in [6.07, 6.45) is 1.92. The SMILES string of the molecule is CC1CCC(C(=O)Nc2ccc(CC#N)cc2)O1. The minimum atomic E-state index is -0.334. The molecular formula is C14H16N2O2. The standard InChI is InChI=1S/C14H16N2O2/c1-10-2-7-13(18-10)14(17)16-12-5-3-11(4-6-12)8-9-15/h3-6,10,13H,2,7-8H2,1H3,(H,16,17). The normalized spacial score (nSPS) is 22.4. The van der Waals surface area contributed by atoms with Crippen LogP contribution in [0.1, 0.15) is 25.3 Å². The van der Waals surface area contributed by atoms with E-state index in [-0.39, 0.29) is 18.1 Å². The fraction of sp³-hybridized carbons (Fsp3) is 0.429. The monoisotopic (exact) mass is 244 g/mol. The average Bonchev–Trinajstić information content (AvgIpc) is 2.79. The van der Waals surface area contributed by atoms with Gasteiger partial charge in [0.05, 0.1) is 18.6 Å². The second-order valence-corrected chi connectivity index (χ2v) is 4.53. The Balaban J connectivity index is 1.93. The molecule has 94 valence electrons. The van der Waals surface area contributed by atoms with E-state index in [0.29, 0.717) is 6.42 Å². The summed E-state index contributed by atoms with van der Waals surface area (Å²) in [5, 5.41) is 11.4. The Labute approximate surface area is 107 Å². The van der Waals surface area contributed by atoms with Crippen molar-refractivity contribution in [3.63, 3.8) is 0 Å². The first-order valence-corrected chi connectivity index (χ1v) is 6.11. The van der Waals surface area contributed by atoms with Crippen LogP contribution >= 0.6 is 0 Å². The van der Waals surface area contributed by atoms with Crippen molar-refractivity contribution in [2.75, 3.05) is 5.32 Å². The number of rotatable bonds is 3. The van der Waals surface area contributed by atoms with E-state index in [9.17, 15) is 4.79 Å². The molecule has 0 spiro atoms. The Morgan fingerprint density at radius 1 is 1.44 bits per heavy atom. The van der Waals surface area contributed by atoms with Crippen molar-refractivity contribution < 1.29 is 9.53 Å². The Bertz CT molecular complexity index is 462. The number of benzene rings is 1. The molecular weight excluding hydrogens is 228 g/mol. The lowest BCUT2D eigenvalue weighted by Crippen LogP contribution is -2.27. The third-order valence-corrected chi connectivity index (χ3v) is 3.03. The van der Waals surface area contributed by atoms with E-state index < -0.39 is 0 Å². The van der Waals surface area contributed by atoms with Crippen LogP contribution < -0.4 is 5.32 Å². The molecule has 0 saturated carbocycles. The molecule has 0 aromatic heterocycles. The van der Waals surface area contributed by atoms with E-state index in [0.717, 1.165) is 24.1 Å². The van der Waals surface area contributed by atoms with Gasteiger partial charge in [0.15, 0.2) is 0 Å². The van der Waals surface area contributed by atoms with Crippen LogP contribution in [0.4, 0.5) is 5.69 Å². The quantitative estimate of drug-likeness (QED) is 0.887. The molecule has 1 aliphatic rings. The molecule has 1 saturated heterocycles. The Morgan fingerprint density at radius 2 is 2.17 bits per heavy atom. The number of nitrogens with zero attached hydrogens (tertiary/aromatic N) is 1. The minimum Gasteiger partial charge on any atom is -0.365 e. The lowest BCUT2D eigenvalue weighted by atomic mass is 10.1. The molecule has 4 heteroatoms. The van der Waals surface area contributed by atoms with Crippen molar-refractivity contribution in [2.45, 2.75) is 38.4 Å². The van der Waals surface area contributed by atoms with Gasteiger partial charge in [-0.25, -0.2) is 0 Å². The molecule has 2 unspecified atom stereocenters. The van der Waals surface area contributed by atoms with Crippen LogP contribution in [-0.4, -0.2) is 18.1 Å². The maximum Gasteiger partial charge on any atom is 0.253 e. The van der Waals surface area contributed by atoms with Crippen LogP contribution in [-0.2, 0) is 16.0 Å². The summed E-state index contributed by atoms with van der Waals surface area (Å²) in [7, 11) is 0. The first-order valence-electron chi connectivity index (χ1n) is 6.11. The van der Waals surface area contributed by atoms with Crippen LogP contribution in [0, 0.1) is 11.3 Å². The van der Waals surface area contributed by atoms with Gasteiger partial charge in [-0.3, -0.25) is 4.79 Å². The average molecular weight is 244 g/mol. The van der Waals surface area contributed by atoms with Gasteiger partial charge in [0, 0.05) is 5.69 Å². The van der Waals surface area contributed by atoms with Crippen LogP contribution in [0.2, 0.25) is 0 Å². The molecule has 2 atom stereocenters. The van der Waals surface area contributed by atoms with Crippen molar-refractivity contribution in [1.29, 1.82) is 5.26 Å². The third-order valence-electron chi connectivity index (χ3n) is 3.03. The number of amides is 1. The summed E-state index contributed by atoms with van der Waals surface area (Å²) >= 11 is 0. The molecule has 0 aliphatic carbocycles. The van der Waals surface area contributed by atoms with Crippen molar-refractivity contribution in [1.82, 2.24) is 0 Å². The number of nitriles is 1. The highest BCUT2D eigenvalue weighted by Crippen LogP contribution is 2.20. The fourth-order valence-corrected chi connectivity index (χ4v) is 2.02. The Hall–Kier alpha value is -1.86. The van der Waals surface area contributed by atoms with E-state index in [1.807, 2.05) is 31.2 Å². The number of anilines is 1. The number of carbonyl (C=O) groups is 1. The second kappa shape index (κ2) is 5.65. The molecule has 1 aromatic rings. The lowest BCUT2D eigenvalue weighted by Gasteiger charge is -2.11. The van der Waals surface area contributed by atoms with E-state index in [2.05, 4.69) is 11.4 Å². The second-order valence-electron chi connectivity index (χ2n) is 4.53. The van der Waals surface area contributed by atoms with Crippen molar-refractivity contribution >= 4 is 11.6 Å². The van der Waals surface area contributed by atoms with Crippen molar-refractivity contribution in [2.24, 2.45) is 0 Å². The van der Waals surface area contributed by atoms with Gasteiger partial charge in [0.1, 0.15) is 6.10 Å². The van der Waals surface area contributed by atoms with Crippen molar-refractivity contribution in [3.05, 3.63) is 29.8 Å². The van der Waals surface area contributed by atoms with Crippen LogP contribution in [0.5, 0.6) is 0 Å². The highest BCUT2D eigenvalue weighted by atomic mass is 16.5.